The van der Waals surface area contributed by atoms with Crippen molar-refractivity contribution in [3.63, 3.8) is 0 Å². The van der Waals surface area contributed by atoms with Crippen LogP contribution in [0.1, 0.15) is 27.7 Å². The Balaban J connectivity index is 2.37. The first-order chi connectivity index (χ1) is 9.88. The number of hydrogen-bond acceptors (Lipinski definition) is 4. The summed E-state index contributed by atoms with van der Waals surface area (Å²) in [7, 11) is -1.21. The summed E-state index contributed by atoms with van der Waals surface area (Å²) in [5, 5.41) is 0.154. The summed E-state index contributed by atoms with van der Waals surface area (Å²) in [6, 6.07) is 4.74. The summed E-state index contributed by atoms with van der Waals surface area (Å²) in [6.07, 6.45) is 0. The monoisotopic (exact) mass is 345 g/mol. The first-order valence-corrected chi connectivity index (χ1v) is 8.78. The molecule has 122 valence electrons. The van der Waals surface area contributed by atoms with E-state index in [2.05, 4.69) is 0 Å². The molecule has 0 atom stereocenters. The Labute approximate surface area is 137 Å². The van der Waals surface area contributed by atoms with Gasteiger partial charge in [-0.1, -0.05) is 17.7 Å². The van der Waals surface area contributed by atoms with Crippen LogP contribution in [0.2, 0.25) is 5.02 Å². The van der Waals surface area contributed by atoms with E-state index in [1.54, 1.807) is 12.1 Å². The fourth-order valence-electron chi connectivity index (χ4n) is 2.05. The van der Waals surface area contributed by atoms with Gasteiger partial charge in [-0.05, 0) is 45.3 Å². The Morgan fingerprint density at radius 2 is 1.59 bits per heavy atom. The van der Waals surface area contributed by atoms with Crippen molar-refractivity contribution in [2.45, 2.75) is 43.8 Å². The van der Waals surface area contributed by atoms with Gasteiger partial charge in [0.15, 0.2) is 0 Å². The molecule has 0 amide bonds. The Morgan fingerprint density at radius 1 is 1.09 bits per heavy atom. The Hall–Kier alpha value is -0.595. The zero-order valence-electron chi connectivity index (χ0n) is 13.7. The summed E-state index contributed by atoms with van der Waals surface area (Å²) in [6.45, 7) is 7.83. The van der Waals surface area contributed by atoms with Crippen LogP contribution in [0.5, 0.6) is 0 Å². The number of hydrogen-bond donors (Lipinski definition) is 0. The van der Waals surface area contributed by atoms with Gasteiger partial charge in [0.05, 0.1) is 16.2 Å². The molecule has 0 aliphatic carbocycles. The van der Waals surface area contributed by atoms with E-state index in [0.29, 0.717) is 5.46 Å². The minimum Gasteiger partial charge on any atom is -0.399 e. The van der Waals surface area contributed by atoms with Crippen LogP contribution in [0, 0.1) is 0 Å². The average Bonchev–Trinajstić information content (AvgIpc) is 2.57. The van der Waals surface area contributed by atoms with E-state index in [0.717, 1.165) is 4.31 Å². The zero-order valence-corrected chi connectivity index (χ0v) is 15.2. The largest absolute Gasteiger partial charge is 0.494 e. The van der Waals surface area contributed by atoms with Gasteiger partial charge < -0.3 is 9.31 Å². The van der Waals surface area contributed by atoms with E-state index in [-0.39, 0.29) is 9.92 Å². The van der Waals surface area contributed by atoms with Crippen LogP contribution < -0.4 is 5.46 Å². The molecule has 1 fully saturated rings. The third-order valence-electron chi connectivity index (χ3n) is 4.24. The van der Waals surface area contributed by atoms with Gasteiger partial charge in [0, 0.05) is 14.1 Å². The van der Waals surface area contributed by atoms with Crippen LogP contribution in [0.4, 0.5) is 0 Å². The molecule has 2 rings (SSSR count). The second-order valence-corrected chi connectivity index (χ2v) is 9.09. The minimum absolute atomic E-state index is 0.0689. The van der Waals surface area contributed by atoms with Crippen LogP contribution in [0.3, 0.4) is 0 Å². The van der Waals surface area contributed by atoms with Gasteiger partial charge in [0.25, 0.3) is 0 Å². The summed E-state index contributed by atoms with van der Waals surface area (Å²) in [5.74, 6) is 0. The molecule has 8 heteroatoms. The van der Waals surface area contributed by atoms with Gasteiger partial charge >= 0.3 is 7.12 Å². The standard InChI is InChI=1S/C14H21BClNO4S/c1-13(2)14(3,4)21-15(20-13)10-7-8-12(11(16)9-10)22(18,19)17(5)6/h7-9H,1-6H3. The van der Waals surface area contributed by atoms with Crippen molar-refractivity contribution in [1.82, 2.24) is 4.31 Å². The quantitative estimate of drug-likeness (QED) is 0.785. The van der Waals surface area contributed by atoms with Crippen molar-refractivity contribution in [3.05, 3.63) is 23.2 Å². The molecule has 0 unspecified atom stereocenters. The number of sulfonamides is 1. The van der Waals surface area contributed by atoms with Gasteiger partial charge in [-0.25, -0.2) is 12.7 Å². The predicted molar refractivity (Wildman–Crippen MR) is 88.0 cm³/mol. The normalized spacial score (nSPS) is 20.6. The van der Waals surface area contributed by atoms with Gasteiger partial charge in [-0.3, -0.25) is 0 Å². The van der Waals surface area contributed by atoms with Crippen LogP contribution in [-0.4, -0.2) is 45.1 Å². The lowest BCUT2D eigenvalue weighted by molar-refractivity contribution is 0.00578. The van der Waals surface area contributed by atoms with Crippen molar-refractivity contribution < 1.29 is 17.7 Å². The smallest absolute Gasteiger partial charge is 0.399 e. The highest BCUT2D eigenvalue weighted by Crippen LogP contribution is 2.36. The number of nitrogens with zero attached hydrogens (tertiary/aromatic N) is 1. The lowest BCUT2D eigenvalue weighted by Gasteiger charge is -2.32. The highest BCUT2D eigenvalue weighted by molar-refractivity contribution is 7.89. The lowest BCUT2D eigenvalue weighted by atomic mass is 9.79. The summed E-state index contributed by atoms with van der Waals surface area (Å²) in [5.41, 5.74) is -0.224. The van der Waals surface area contributed by atoms with Gasteiger partial charge in [-0.15, -0.1) is 0 Å². The topological polar surface area (TPSA) is 55.8 Å². The van der Waals surface area contributed by atoms with Crippen LogP contribution in [-0.2, 0) is 19.3 Å². The molecule has 1 aromatic rings. The van der Waals surface area contributed by atoms with Crippen molar-refractivity contribution >= 4 is 34.2 Å². The SMILES string of the molecule is CN(C)S(=O)(=O)c1ccc(B2OC(C)(C)C(C)(C)O2)cc1Cl. The first kappa shape index (κ1) is 17.8. The van der Waals surface area contributed by atoms with E-state index in [9.17, 15) is 8.42 Å². The highest BCUT2D eigenvalue weighted by Gasteiger charge is 2.51. The molecular formula is C14H21BClNO4S. The van der Waals surface area contributed by atoms with E-state index < -0.39 is 28.3 Å². The predicted octanol–water partition coefficient (Wildman–Crippen LogP) is 1.89. The third-order valence-corrected chi connectivity index (χ3v) is 6.54. The summed E-state index contributed by atoms with van der Waals surface area (Å²) >= 11 is 6.16. The molecule has 1 aromatic carbocycles. The van der Waals surface area contributed by atoms with Gasteiger partial charge in [-0.2, -0.15) is 0 Å². The highest BCUT2D eigenvalue weighted by atomic mass is 35.5. The Kier molecular flexibility index (Phi) is 4.43. The molecule has 0 bridgehead atoms. The molecule has 0 spiro atoms. The molecule has 5 nitrogen and oxygen atoms in total. The maximum atomic E-state index is 12.2. The fraction of sp³-hybridized carbons (Fsp3) is 0.571. The molecule has 1 aliphatic heterocycles. The minimum atomic E-state index is -3.57. The van der Waals surface area contributed by atoms with E-state index in [1.165, 1.54) is 20.2 Å². The molecule has 1 aliphatic rings. The molecular weight excluding hydrogens is 324 g/mol. The van der Waals surface area contributed by atoms with E-state index >= 15 is 0 Å². The number of halogens is 1. The van der Waals surface area contributed by atoms with Gasteiger partial charge in [0.1, 0.15) is 4.90 Å². The summed E-state index contributed by atoms with van der Waals surface area (Å²) < 4.78 is 37.3. The summed E-state index contributed by atoms with van der Waals surface area (Å²) in [4.78, 5) is 0.0689. The molecule has 0 saturated carbocycles. The molecule has 1 saturated heterocycles. The Bertz CT molecular complexity index is 672. The molecule has 0 radical (unpaired) electrons. The number of benzene rings is 1. The van der Waals surface area contributed by atoms with Gasteiger partial charge in [0.2, 0.25) is 10.0 Å². The molecule has 1 heterocycles. The maximum absolute atomic E-state index is 12.2. The second kappa shape index (κ2) is 5.49. The van der Waals surface area contributed by atoms with Crippen molar-refractivity contribution in [1.29, 1.82) is 0 Å². The lowest BCUT2D eigenvalue weighted by Crippen LogP contribution is -2.41. The second-order valence-electron chi connectivity index (χ2n) is 6.57. The maximum Gasteiger partial charge on any atom is 0.494 e. The van der Waals surface area contributed by atoms with Crippen molar-refractivity contribution in [2.24, 2.45) is 0 Å². The molecule has 22 heavy (non-hydrogen) atoms. The van der Waals surface area contributed by atoms with Crippen molar-refractivity contribution in [2.75, 3.05) is 14.1 Å². The fourth-order valence-corrected chi connectivity index (χ4v) is 3.47. The van der Waals surface area contributed by atoms with Crippen LogP contribution >= 0.6 is 11.6 Å². The van der Waals surface area contributed by atoms with E-state index in [1.807, 2.05) is 27.7 Å². The van der Waals surface area contributed by atoms with E-state index in [4.69, 9.17) is 20.9 Å². The average molecular weight is 346 g/mol. The van der Waals surface area contributed by atoms with Crippen LogP contribution in [0.25, 0.3) is 0 Å². The first-order valence-electron chi connectivity index (χ1n) is 6.96. The molecule has 0 aromatic heterocycles. The molecule has 0 N–H and O–H groups in total. The Morgan fingerprint density at radius 3 is 2.00 bits per heavy atom. The third kappa shape index (κ3) is 2.93. The van der Waals surface area contributed by atoms with Crippen molar-refractivity contribution in [3.8, 4) is 0 Å². The van der Waals surface area contributed by atoms with Crippen LogP contribution in [0.15, 0.2) is 23.1 Å². The number of rotatable bonds is 3. The zero-order chi connectivity index (χ0) is 16.9.